The van der Waals surface area contributed by atoms with Gasteiger partial charge in [0.1, 0.15) is 17.7 Å². The van der Waals surface area contributed by atoms with Gasteiger partial charge in [-0.2, -0.15) is 0 Å². The summed E-state index contributed by atoms with van der Waals surface area (Å²) in [5.74, 6) is 0.00259. The van der Waals surface area contributed by atoms with E-state index in [0.29, 0.717) is 46.0 Å². The topological polar surface area (TPSA) is 66.8 Å². The van der Waals surface area contributed by atoms with Crippen LogP contribution in [0, 0.1) is 12.7 Å². The van der Waals surface area contributed by atoms with Crippen LogP contribution in [0.5, 0.6) is 5.75 Å². The van der Waals surface area contributed by atoms with Gasteiger partial charge < -0.3 is 9.84 Å². The van der Waals surface area contributed by atoms with Gasteiger partial charge in [-0.3, -0.25) is 4.31 Å². The Kier molecular flexibility index (Phi) is 7.70. The van der Waals surface area contributed by atoms with Crippen molar-refractivity contribution >= 4 is 39.0 Å². The third-order valence-electron chi connectivity index (χ3n) is 6.31. The first-order valence-corrected chi connectivity index (χ1v) is 13.9. The fourth-order valence-electron chi connectivity index (χ4n) is 4.41. The summed E-state index contributed by atoms with van der Waals surface area (Å²) in [6.45, 7) is 7.14. The van der Waals surface area contributed by atoms with Crippen LogP contribution in [0.25, 0.3) is 11.6 Å². The molecular weight excluding hydrogens is 513 g/mol. The molecule has 0 saturated heterocycles. The molecule has 1 aliphatic rings. The molecule has 0 aromatic heterocycles. The number of allylic oxidation sites excluding steroid dienone is 1. The maximum atomic E-state index is 14.5. The Hall–Kier alpha value is -2.87. The molecule has 196 valence electrons. The second kappa shape index (κ2) is 10.5. The molecule has 1 heterocycles. The van der Waals surface area contributed by atoms with E-state index in [1.54, 1.807) is 75.4 Å². The minimum absolute atomic E-state index is 0.102. The van der Waals surface area contributed by atoms with Crippen molar-refractivity contribution in [1.82, 2.24) is 0 Å². The van der Waals surface area contributed by atoms with E-state index >= 15 is 0 Å². The van der Waals surface area contributed by atoms with Gasteiger partial charge in [0, 0.05) is 5.56 Å². The highest BCUT2D eigenvalue weighted by Crippen LogP contribution is 2.40. The molecule has 0 unspecified atom stereocenters. The highest BCUT2D eigenvalue weighted by Gasteiger charge is 2.35. The molecule has 1 N–H and O–H groups in total. The van der Waals surface area contributed by atoms with Gasteiger partial charge in [-0.1, -0.05) is 41.9 Å². The lowest BCUT2D eigenvalue weighted by atomic mass is 9.99. The van der Waals surface area contributed by atoms with Crippen LogP contribution in [0.15, 0.2) is 65.6 Å². The maximum absolute atomic E-state index is 14.5. The molecule has 5 nitrogen and oxygen atoms in total. The fraction of sp³-hybridized carbons (Fsp3) is 0.310. The Labute approximate surface area is 223 Å². The van der Waals surface area contributed by atoms with Gasteiger partial charge in [-0.05, 0) is 93.6 Å². The largest absolute Gasteiger partial charge is 0.486 e. The number of ether oxygens (including phenoxy) is 1. The molecule has 0 spiro atoms. The van der Waals surface area contributed by atoms with Crippen LogP contribution >= 0.6 is 11.6 Å². The number of nitrogens with zero attached hydrogens (tertiary/aromatic N) is 1. The molecule has 8 heteroatoms. The Bertz CT molecular complexity index is 1430. The number of hydrogen-bond acceptors (Lipinski definition) is 4. The van der Waals surface area contributed by atoms with E-state index in [9.17, 15) is 17.9 Å². The predicted molar refractivity (Wildman–Crippen MR) is 147 cm³/mol. The lowest BCUT2D eigenvalue weighted by Crippen LogP contribution is -2.44. The van der Waals surface area contributed by atoms with Crippen LogP contribution in [0.1, 0.15) is 50.3 Å². The standard InChI is InChI=1S/C29H31ClFNO4S/c1-19-7-5-8-23(15-19)37(34,35)32-18-22(13-14-29(3,4)33)36-27-12-11-21(17-26(27)32)16-20(2)28-24(30)9-6-10-25(28)31/h5-12,15-17,22,33H,13-14,18H2,1-4H3/b20-16+/t22-/m0/s1. The SMILES string of the molecule is C/C(=C\c1ccc2c(c1)N(S(=O)(=O)c1cccc(C)c1)C[C@H](CCC(C)(C)O)O2)c1c(F)cccc1Cl. The zero-order valence-electron chi connectivity index (χ0n) is 21.3. The van der Waals surface area contributed by atoms with Gasteiger partial charge >= 0.3 is 0 Å². The van der Waals surface area contributed by atoms with Gasteiger partial charge in [0.15, 0.2) is 0 Å². The third-order valence-corrected chi connectivity index (χ3v) is 8.40. The number of halogens is 2. The monoisotopic (exact) mass is 543 g/mol. The molecule has 0 fully saturated rings. The summed E-state index contributed by atoms with van der Waals surface area (Å²) in [6.07, 6.45) is 2.27. The number of fused-ring (bicyclic) bond motifs is 1. The molecule has 0 bridgehead atoms. The van der Waals surface area contributed by atoms with Crippen LogP contribution in [0.2, 0.25) is 5.02 Å². The van der Waals surface area contributed by atoms with Crippen LogP contribution in [0.3, 0.4) is 0 Å². The smallest absolute Gasteiger partial charge is 0.264 e. The normalized spacial score (nSPS) is 16.4. The molecule has 0 aliphatic carbocycles. The lowest BCUT2D eigenvalue weighted by molar-refractivity contribution is 0.0534. The average molecular weight is 544 g/mol. The van der Waals surface area contributed by atoms with Gasteiger partial charge in [-0.15, -0.1) is 0 Å². The summed E-state index contributed by atoms with van der Waals surface area (Å²) < 4.78 is 49.7. The number of hydrogen-bond donors (Lipinski definition) is 1. The van der Waals surface area contributed by atoms with E-state index in [0.717, 1.165) is 5.56 Å². The van der Waals surface area contributed by atoms with E-state index in [1.165, 1.54) is 10.4 Å². The summed E-state index contributed by atoms with van der Waals surface area (Å²) in [7, 11) is -3.91. The Morgan fingerprint density at radius 2 is 1.92 bits per heavy atom. The van der Waals surface area contributed by atoms with E-state index in [1.807, 2.05) is 13.0 Å². The predicted octanol–water partition coefficient (Wildman–Crippen LogP) is 6.86. The molecule has 0 amide bonds. The second-order valence-corrected chi connectivity index (χ2v) is 12.4. The number of anilines is 1. The van der Waals surface area contributed by atoms with Crippen molar-refractivity contribution in [3.05, 3.63) is 88.2 Å². The Balaban J connectivity index is 1.77. The van der Waals surface area contributed by atoms with Crippen LogP contribution in [-0.4, -0.2) is 31.8 Å². The number of benzene rings is 3. The first kappa shape index (κ1) is 27.2. The molecule has 4 rings (SSSR count). The van der Waals surface area contributed by atoms with Crippen LogP contribution in [0.4, 0.5) is 10.1 Å². The van der Waals surface area contributed by atoms with Gasteiger partial charge in [0.2, 0.25) is 0 Å². The quantitative estimate of drug-likeness (QED) is 0.331. The van der Waals surface area contributed by atoms with E-state index < -0.39 is 27.5 Å². The van der Waals surface area contributed by atoms with Crippen LogP contribution in [-0.2, 0) is 10.0 Å². The molecule has 1 aliphatic heterocycles. The summed E-state index contributed by atoms with van der Waals surface area (Å²) in [6, 6.07) is 16.6. The molecule has 1 atom stereocenters. The van der Waals surface area contributed by atoms with Gasteiger partial charge in [0.05, 0.1) is 27.8 Å². The van der Waals surface area contributed by atoms with Crippen molar-refractivity contribution in [2.75, 3.05) is 10.8 Å². The zero-order chi connectivity index (χ0) is 27.0. The molecule has 37 heavy (non-hydrogen) atoms. The number of aryl methyl sites for hydroxylation is 1. The first-order valence-electron chi connectivity index (χ1n) is 12.1. The summed E-state index contributed by atoms with van der Waals surface area (Å²) >= 11 is 6.24. The molecular formula is C29H31ClFNO4S. The Morgan fingerprint density at radius 1 is 1.19 bits per heavy atom. The minimum Gasteiger partial charge on any atom is -0.486 e. The van der Waals surface area contributed by atoms with Crippen molar-refractivity contribution in [3.8, 4) is 5.75 Å². The summed E-state index contributed by atoms with van der Waals surface area (Å²) in [4.78, 5) is 0.192. The number of aliphatic hydroxyl groups is 1. The molecule has 3 aromatic carbocycles. The molecule has 0 radical (unpaired) electrons. The van der Waals surface area contributed by atoms with Gasteiger partial charge in [-0.25, -0.2) is 12.8 Å². The van der Waals surface area contributed by atoms with E-state index in [2.05, 4.69) is 0 Å². The fourth-order valence-corrected chi connectivity index (χ4v) is 6.33. The maximum Gasteiger partial charge on any atom is 0.264 e. The van der Waals surface area contributed by atoms with E-state index in [-0.39, 0.29) is 11.4 Å². The van der Waals surface area contributed by atoms with Gasteiger partial charge in [0.25, 0.3) is 10.0 Å². The van der Waals surface area contributed by atoms with Crippen molar-refractivity contribution in [1.29, 1.82) is 0 Å². The summed E-state index contributed by atoms with van der Waals surface area (Å²) in [5, 5.41) is 10.5. The van der Waals surface area contributed by atoms with Crippen LogP contribution < -0.4 is 9.04 Å². The van der Waals surface area contributed by atoms with Crippen molar-refractivity contribution in [2.45, 2.75) is 57.1 Å². The molecule has 0 saturated carbocycles. The number of sulfonamides is 1. The van der Waals surface area contributed by atoms with Crippen molar-refractivity contribution < 1.29 is 22.7 Å². The second-order valence-electron chi connectivity index (χ2n) is 10.1. The first-order chi connectivity index (χ1) is 17.3. The van der Waals surface area contributed by atoms with Crippen molar-refractivity contribution in [2.24, 2.45) is 0 Å². The lowest BCUT2D eigenvalue weighted by Gasteiger charge is -2.36. The number of rotatable bonds is 7. The highest BCUT2D eigenvalue weighted by atomic mass is 35.5. The molecule has 3 aromatic rings. The minimum atomic E-state index is -3.91. The highest BCUT2D eigenvalue weighted by molar-refractivity contribution is 7.92. The summed E-state index contributed by atoms with van der Waals surface area (Å²) in [5.41, 5.74) is 1.93. The van der Waals surface area contributed by atoms with E-state index in [4.69, 9.17) is 16.3 Å². The Morgan fingerprint density at radius 3 is 2.59 bits per heavy atom. The zero-order valence-corrected chi connectivity index (χ0v) is 22.9. The third kappa shape index (κ3) is 6.17. The average Bonchev–Trinajstić information content (AvgIpc) is 2.81. The van der Waals surface area contributed by atoms with Crippen molar-refractivity contribution in [3.63, 3.8) is 0 Å².